The molecular formula is C16H17N3O2. The fraction of sp³-hybridized carbons (Fsp3) is 0.312. The van der Waals surface area contributed by atoms with Crippen LogP contribution in [0.4, 0.5) is 5.82 Å². The van der Waals surface area contributed by atoms with Gasteiger partial charge in [-0.1, -0.05) is 37.3 Å². The number of rotatable bonds is 3. The maximum absolute atomic E-state index is 10.9. The van der Waals surface area contributed by atoms with Crippen LogP contribution in [0.1, 0.15) is 35.4 Å². The topological polar surface area (TPSA) is 66.3 Å². The van der Waals surface area contributed by atoms with Gasteiger partial charge < -0.3 is 10.0 Å². The zero-order valence-electron chi connectivity index (χ0n) is 11.8. The highest BCUT2D eigenvalue weighted by Crippen LogP contribution is 2.37. The number of carboxylic acids is 1. The second-order valence-electron chi connectivity index (χ2n) is 5.48. The molecule has 2 heterocycles. The average Bonchev–Trinajstić information content (AvgIpc) is 2.90. The van der Waals surface area contributed by atoms with Crippen LogP contribution >= 0.6 is 0 Å². The van der Waals surface area contributed by atoms with Crippen molar-refractivity contribution in [3.8, 4) is 0 Å². The van der Waals surface area contributed by atoms with Gasteiger partial charge >= 0.3 is 5.97 Å². The standard InChI is InChI=1S/C16H17N3O2/c1-11-7-14(12-5-3-2-4-6-12)19(10-11)15-9-17-13(8-18-15)16(20)21/h2-6,8-9,11,14H,7,10H2,1H3,(H,20,21). The van der Waals surface area contributed by atoms with Gasteiger partial charge in [0.15, 0.2) is 5.69 Å². The second kappa shape index (κ2) is 5.52. The molecule has 1 aliphatic heterocycles. The number of aromatic nitrogens is 2. The Morgan fingerprint density at radius 2 is 2.00 bits per heavy atom. The molecule has 5 nitrogen and oxygen atoms in total. The van der Waals surface area contributed by atoms with Crippen molar-refractivity contribution in [1.29, 1.82) is 0 Å². The highest BCUT2D eigenvalue weighted by molar-refractivity contribution is 5.84. The summed E-state index contributed by atoms with van der Waals surface area (Å²) in [6.07, 6.45) is 3.94. The van der Waals surface area contributed by atoms with Crippen LogP contribution in [0.25, 0.3) is 0 Å². The van der Waals surface area contributed by atoms with Crippen molar-refractivity contribution in [3.63, 3.8) is 0 Å². The van der Waals surface area contributed by atoms with E-state index >= 15 is 0 Å². The van der Waals surface area contributed by atoms with Gasteiger partial charge in [-0.15, -0.1) is 0 Å². The summed E-state index contributed by atoms with van der Waals surface area (Å²) in [4.78, 5) is 21.3. The molecule has 0 amide bonds. The van der Waals surface area contributed by atoms with E-state index < -0.39 is 5.97 Å². The number of aromatic carboxylic acids is 1. The van der Waals surface area contributed by atoms with Crippen LogP contribution < -0.4 is 4.90 Å². The van der Waals surface area contributed by atoms with E-state index in [0.717, 1.165) is 18.8 Å². The first-order valence-electron chi connectivity index (χ1n) is 7.02. The van der Waals surface area contributed by atoms with E-state index in [-0.39, 0.29) is 11.7 Å². The molecular weight excluding hydrogens is 266 g/mol. The predicted octanol–water partition coefficient (Wildman–Crippen LogP) is 2.76. The Labute approximate surface area is 123 Å². The lowest BCUT2D eigenvalue weighted by molar-refractivity contribution is 0.0690. The zero-order chi connectivity index (χ0) is 14.8. The number of hydrogen-bond donors (Lipinski definition) is 1. The molecule has 2 unspecified atom stereocenters. The molecule has 2 aromatic rings. The summed E-state index contributed by atoms with van der Waals surface area (Å²) in [5.41, 5.74) is 1.23. The van der Waals surface area contributed by atoms with Gasteiger partial charge in [-0.2, -0.15) is 0 Å². The highest BCUT2D eigenvalue weighted by Gasteiger charge is 2.31. The molecule has 1 aromatic heterocycles. The third-order valence-electron chi connectivity index (χ3n) is 3.85. The van der Waals surface area contributed by atoms with Crippen molar-refractivity contribution in [1.82, 2.24) is 9.97 Å². The third-order valence-corrected chi connectivity index (χ3v) is 3.85. The van der Waals surface area contributed by atoms with Gasteiger partial charge in [-0.3, -0.25) is 0 Å². The van der Waals surface area contributed by atoms with E-state index in [0.29, 0.717) is 5.92 Å². The van der Waals surface area contributed by atoms with Gasteiger partial charge in [0.1, 0.15) is 5.82 Å². The summed E-state index contributed by atoms with van der Waals surface area (Å²) >= 11 is 0. The predicted molar refractivity (Wildman–Crippen MR) is 79.3 cm³/mol. The molecule has 108 valence electrons. The summed E-state index contributed by atoms with van der Waals surface area (Å²) in [5, 5.41) is 8.90. The fourth-order valence-corrected chi connectivity index (χ4v) is 2.87. The van der Waals surface area contributed by atoms with E-state index in [1.165, 1.54) is 11.8 Å². The van der Waals surface area contributed by atoms with Crippen molar-refractivity contribution in [2.45, 2.75) is 19.4 Å². The van der Waals surface area contributed by atoms with Gasteiger partial charge in [0.25, 0.3) is 0 Å². The van der Waals surface area contributed by atoms with Crippen LogP contribution in [0.15, 0.2) is 42.7 Å². The first-order valence-corrected chi connectivity index (χ1v) is 7.02. The Kier molecular flexibility index (Phi) is 3.56. The number of carboxylic acid groups (broad SMARTS) is 1. The number of benzene rings is 1. The van der Waals surface area contributed by atoms with Crippen LogP contribution in [0.3, 0.4) is 0 Å². The lowest BCUT2D eigenvalue weighted by atomic mass is 10.0. The van der Waals surface area contributed by atoms with Gasteiger partial charge in [-0.25, -0.2) is 14.8 Å². The van der Waals surface area contributed by atoms with Crippen LogP contribution in [-0.4, -0.2) is 27.6 Å². The highest BCUT2D eigenvalue weighted by atomic mass is 16.4. The Hall–Kier alpha value is -2.43. The quantitative estimate of drug-likeness (QED) is 0.938. The molecule has 0 saturated carbocycles. The van der Waals surface area contributed by atoms with Gasteiger partial charge in [0.05, 0.1) is 18.4 Å². The molecule has 2 atom stereocenters. The minimum atomic E-state index is -1.05. The van der Waals surface area contributed by atoms with Gasteiger partial charge in [0, 0.05) is 6.54 Å². The van der Waals surface area contributed by atoms with E-state index in [4.69, 9.17) is 5.11 Å². The third kappa shape index (κ3) is 2.72. The monoisotopic (exact) mass is 283 g/mol. The molecule has 1 N–H and O–H groups in total. The summed E-state index contributed by atoms with van der Waals surface area (Å²) < 4.78 is 0. The molecule has 5 heteroatoms. The molecule has 1 aromatic carbocycles. The second-order valence-corrected chi connectivity index (χ2v) is 5.48. The van der Waals surface area contributed by atoms with Crippen molar-refractivity contribution < 1.29 is 9.90 Å². The molecule has 1 aliphatic rings. The molecule has 21 heavy (non-hydrogen) atoms. The van der Waals surface area contributed by atoms with Crippen LogP contribution in [0.2, 0.25) is 0 Å². The first kappa shape index (κ1) is 13.5. The Bertz CT molecular complexity index is 628. The first-order chi connectivity index (χ1) is 10.1. The molecule has 0 radical (unpaired) electrons. The summed E-state index contributed by atoms with van der Waals surface area (Å²) in [6.45, 7) is 3.12. The van der Waals surface area contributed by atoms with E-state index in [1.807, 2.05) is 18.2 Å². The molecule has 1 saturated heterocycles. The summed E-state index contributed by atoms with van der Waals surface area (Å²) in [6, 6.07) is 10.6. The van der Waals surface area contributed by atoms with E-state index in [1.54, 1.807) is 6.20 Å². The number of hydrogen-bond acceptors (Lipinski definition) is 4. The van der Waals surface area contributed by atoms with E-state index in [2.05, 4.69) is 33.9 Å². The average molecular weight is 283 g/mol. The summed E-state index contributed by atoms with van der Waals surface area (Å²) in [7, 11) is 0. The zero-order valence-corrected chi connectivity index (χ0v) is 11.8. The van der Waals surface area contributed by atoms with Crippen LogP contribution in [-0.2, 0) is 0 Å². The largest absolute Gasteiger partial charge is 0.476 e. The normalized spacial score (nSPS) is 21.5. The fourth-order valence-electron chi connectivity index (χ4n) is 2.87. The molecule has 1 fully saturated rings. The Balaban J connectivity index is 1.90. The molecule has 0 bridgehead atoms. The van der Waals surface area contributed by atoms with Crippen LogP contribution in [0.5, 0.6) is 0 Å². The minimum Gasteiger partial charge on any atom is -0.476 e. The maximum Gasteiger partial charge on any atom is 0.356 e. The molecule has 3 rings (SSSR count). The Morgan fingerprint density at radius 3 is 2.62 bits per heavy atom. The maximum atomic E-state index is 10.9. The van der Waals surface area contributed by atoms with E-state index in [9.17, 15) is 4.79 Å². The van der Waals surface area contributed by atoms with Crippen molar-refractivity contribution in [3.05, 3.63) is 54.0 Å². The van der Waals surface area contributed by atoms with Crippen molar-refractivity contribution in [2.75, 3.05) is 11.4 Å². The molecule has 0 aliphatic carbocycles. The number of anilines is 1. The lowest BCUT2D eigenvalue weighted by Gasteiger charge is -2.25. The van der Waals surface area contributed by atoms with Gasteiger partial charge in [-0.05, 0) is 17.9 Å². The van der Waals surface area contributed by atoms with Crippen molar-refractivity contribution >= 4 is 11.8 Å². The minimum absolute atomic E-state index is 0.0257. The van der Waals surface area contributed by atoms with Crippen molar-refractivity contribution in [2.24, 2.45) is 5.92 Å². The molecule has 0 spiro atoms. The summed E-state index contributed by atoms with van der Waals surface area (Å²) in [5.74, 6) is 0.248. The number of nitrogens with zero attached hydrogens (tertiary/aromatic N) is 3. The SMILES string of the molecule is CC1CC(c2ccccc2)N(c2cnc(C(=O)O)cn2)C1. The lowest BCUT2D eigenvalue weighted by Crippen LogP contribution is -2.24. The van der Waals surface area contributed by atoms with Gasteiger partial charge in [0.2, 0.25) is 0 Å². The smallest absolute Gasteiger partial charge is 0.356 e. The number of carbonyl (C=O) groups is 1. The Morgan fingerprint density at radius 1 is 1.24 bits per heavy atom. The van der Waals surface area contributed by atoms with Crippen LogP contribution in [0, 0.1) is 5.92 Å².